The Bertz CT molecular complexity index is 474. The molecular weight excluding hydrogens is 259 g/mol. The Morgan fingerprint density at radius 2 is 1.89 bits per heavy atom. The molecule has 2 atom stereocenters. The molecule has 1 aromatic carbocycles. The first-order valence-electron chi connectivity index (χ1n) is 6.79. The predicted octanol–water partition coefficient (Wildman–Crippen LogP) is 4.36. The SMILES string of the molecule is COP(=O)(OC)C(C)C(c1cccc(C)c1)C1CC1. The molecule has 1 aromatic rings. The van der Waals surface area contributed by atoms with Crippen LogP contribution < -0.4 is 0 Å². The van der Waals surface area contributed by atoms with Crippen molar-refractivity contribution in [1.82, 2.24) is 0 Å². The Labute approximate surface area is 115 Å². The maximum atomic E-state index is 12.6. The quantitative estimate of drug-likeness (QED) is 0.727. The summed E-state index contributed by atoms with van der Waals surface area (Å²) in [5.41, 5.74) is 2.38. The number of hydrogen-bond donors (Lipinski definition) is 0. The molecule has 0 aromatic heterocycles. The van der Waals surface area contributed by atoms with Gasteiger partial charge >= 0.3 is 7.60 Å². The van der Waals surface area contributed by atoms with Gasteiger partial charge in [0.2, 0.25) is 0 Å². The summed E-state index contributed by atoms with van der Waals surface area (Å²) in [6.07, 6.45) is 2.41. The highest BCUT2D eigenvalue weighted by molar-refractivity contribution is 7.54. The Balaban J connectivity index is 2.33. The van der Waals surface area contributed by atoms with Crippen molar-refractivity contribution in [3.63, 3.8) is 0 Å². The van der Waals surface area contributed by atoms with E-state index in [2.05, 4.69) is 31.2 Å². The largest absolute Gasteiger partial charge is 0.333 e. The normalized spacial score (nSPS) is 19.2. The van der Waals surface area contributed by atoms with Crippen molar-refractivity contribution in [3.05, 3.63) is 35.4 Å². The summed E-state index contributed by atoms with van der Waals surface area (Å²) in [6.45, 7) is 4.07. The van der Waals surface area contributed by atoms with Crippen LogP contribution in [0.2, 0.25) is 0 Å². The van der Waals surface area contributed by atoms with Gasteiger partial charge in [-0.15, -0.1) is 0 Å². The molecule has 1 saturated carbocycles. The van der Waals surface area contributed by atoms with Gasteiger partial charge < -0.3 is 9.05 Å². The zero-order chi connectivity index (χ0) is 14.0. The lowest BCUT2D eigenvalue weighted by molar-refractivity contribution is 0.260. The van der Waals surface area contributed by atoms with Crippen LogP contribution >= 0.6 is 7.60 Å². The Hall–Kier alpha value is -0.630. The predicted molar refractivity (Wildman–Crippen MR) is 77.7 cm³/mol. The van der Waals surface area contributed by atoms with Crippen molar-refractivity contribution in [2.45, 2.75) is 38.3 Å². The van der Waals surface area contributed by atoms with Gasteiger partial charge in [0.15, 0.2) is 0 Å². The van der Waals surface area contributed by atoms with Crippen molar-refractivity contribution in [2.75, 3.05) is 14.2 Å². The molecule has 2 rings (SSSR count). The molecular formula is C15H23O3P. The summed E-state index contributed by atoms with van der Waals surface area (Å²) >= 11 is 0. The van der Waals surface area contributed by atoms with Crippen LogP contribution in [0.3, 0.4) is 0 Å². The highest BCUT2D eigenvalue weighted by Crippen LogP contribution is 2.60. The molecule has 0 N–H and O–H groups in total. The van der Waals surface area contributed by atoms with Gasteiger partial charge in [-0.05, 0) is 31.2 Å². The lowest BCUT2D eigenvalue weighted by Gasteiger charge is -2.29. The minimum absolute atomic E-state index is 0.114. The summed E-state index contributed by atoms with van der Waals surface area (Å²) in [4.78, 5) is 0. The molecule has 4 heteroatoms. The van der Waals surface area contributed by atoms with E-state index in [-0.39, 0.29) is 11.6 Å². The van der Waals surface area contributed by atoms with Gasteiger partial charge in [0, 0.05) is 20.1 Å². The Morgan fingerprint density at radius 3 is 2.37 bits per heavy atom. The van der Waals surface area contributed by atoms with Gasteiger partial charge in [0.05, 0.1) is 5.66 Å². The van der Waals surface area contributed by atoms with Gasteiger partial charge in [-0.1, -0.05) is 36.8 Å². The van der Waals surface area contributed by atoms with Crippen molar-refractivity contribution in [3.8, 4) is 0 Å². The van der Waals surface area contributed by atoms with E-state index in [1.165, 1.54) is 38.2 Å². The zero-order valence-electron chi connectivity index (χ0n) is 12.1. The molecule has 19 heavy (non-hydrogen) atoms. The van der Waals surface area contributed by atoms with Crippen LogP contribution in [0.15, 0.2) is 24.3 Å². The topological polar surface area (TPSA) is 35.5 Å². The average Bonchev–Trinajstić information content (AvgIpc) is 3.22. The van der Waals surface area contributed by atoms with Gasteiger partial charge in [0.25, 0.3) is 0 Å². The van der Waals surface area contributed by atoms with Crippen molar-refractivity contribution in [1.29, 1.82) is 0 Å². The average molecular weight is 282 g/mol. The lowest BCUT2D eigenvalue weighted by Crippen LogP contribution is -2.19. The van der Waals surface area contributed by atoms with E-state index in [0.29, 0.717) is 5.92 Å². The second-order valence-electron chi connectivity index (χ2n) is 5.42. The van der Waals surface area contributed by atoms with Crippen molar-refractivity contribution < 1.29 is 13.6 Å². The van der Waals surface area contributed by atoms with E-state index >= 15 is 0 Å². The maximum Gasteiger partial charge on any atom is 0.333 e. The lowest BCUT2D eigenvalue weighted by atomic mass is 9.90. The van der Waals surface area contributed by atoms with Gasteiger partial charge in [-0.3, -0.25) is 4.57 Å². The third-order valence-corrected chi connectivity index (χ3v) is 6.42. The second-order valence-corrected chi connectivity index (χ2v) is 8.05. The molecule has 0 bridgehead atoms. The van der Waals surface area contributed by atoms with E-state index in [1.807, 2.05) is 6.92 Å². The maximum absolute atomic E-state index is 12.6. The van der Waals surface area contributed by atoms with Crippen LogP contribution in [0.1, 0.15) is 36.8 Å². The molecule has 0 spiro atoms. The molecule has 0 saturated heterocycles. The minimum atomic E-state index is -3.02. The van der Waals surface area contributed by atoms with Crippen LogP contribution in [0.4, 0.5) is 0 Å². The monoisotopic (exact) mass is 282 g/mol. The highest BCUT2D eigenvalue weighted by atomic mass is 31.2. The standard InChI is InChI=1S/C15H23O3P/c1-11-6-5-7-14(10-11)15(13-8-9-13)12(2)19(16,17-3)18-4/h5-7,10,12-13,15H,8-9H2,1-4H3. The molecule has 1 aliphatic carbocycles. The molecule has 1 fully saturated rings. The molecule has 106 valence electrons. The molecule has 1 aliphatic rings. The van der Waals surface area contributed by atoms with Crippen LogP contribution in [0, 0.1) is 12.8 Å². The minimum Gasteiger partial charge on any atom is -0.312 e. The highest BCUT2D eigenvalue weighted by Gasteiger charge is 2.44. The molecule has 0 radical (unpaired) electrons. The van der Waals surface area contributed by atoms with E-state index in [4.69, 9.17) is 9.05 Å². The first kappa shape index (κ1) is 14.8. The summed E-state index contributed by atoms with van der Waals surface area (Å²) in [6, 6.07) is 8.47. The second kappa shape index (κ2) is 5.78. The van der Waals surface area contributed by atoms with Gasteiger partial charge in [-0.2, -0.15) is 0 Å². The van der Waals surface area contributed by atoms with Crippen molar-refractivity contribution >= 4 is 7.60 Å². The number of aryl methyl sites for hydroxylation is 1. The van der Waals surface area contributed by atoms with E-state index in [9.17, 15) is 4.57 Å². The molecule has 2 unspecified atom stereocenters. The van der Waals surface area contributed by atoms with E-state index < -0.39 is 7.60 Å². The van der Waals surface area contributed by atoms with E-state index in [1.54, 1.807) is 0 Å². The fourth-order valence-electron chi connectivity index (χ4n) is 2.88. The third-order valence-electron chi connectivity index (χ3n) is 4.08. The molecule has 0 amide bonds. The third kappa shape index (κ3) is 3.10. The smallest absolute Gasteiger partial charge is 0.312 e. The Kier molecular flexibility index (Phi) is 4.50. The molecule has 0 heterocycles. The van der Waals surface area contributed by atoms with Crippen LogP contribution in [-0.4, -0.2) is 19.9 Å². The first-order valence-corrected chi connectivity index (χ1v) is 8.40. The summed E-state index contributed by atoms with van der Waals surface area (Å²) in [7, 11) is -0.0764. The van der Waals surface area contributed by atoms with Gasteiger partial charge in [-0.25, -0.2) is 0 Å². The summed E-state index contributed by atoms with van der Waals surface area (Å²) in [5, 5.41) is 0. The summed E-state index contributed by atoms with van der Waals surface area (Å²) < 4.78 is 23.0. The summed E-state index contributed by atoms with van der Waals surface area (Å²) in [5.74, 6) is 0.862. The fraction of sp³-hybridized carbons (Fsp3) is 0.600. The Morgan fingerprint density at radius 1 is 1.26 bits per heavy atom. The molecule has 3 nitrogen and oxygen atoms in total. The van der Waals surface area contributed by atoms with Gasteiger partial charge in [0.1, 0.15) is 0 Å². The first-order chi connectivity index (χ1) is 9.01. The van der Waals surface area contributed by atoms with Crippen molar-refractivity contribution in [2.24, 2.45) is 5.92 Å². The van der Waals surface area contributed by atoms with E-state index in [0.717, 1.165) is 0 Å². The van der Waals surface area contributed by atoms with Crippen LogP contribution in [0.5, 0.6) is 0 Å². The van der Waals surface area contributed by atoms with Crippen LogP contribution in [-0.2, 0) is 13.6 Å². The number of rotatable bonds is 6. The molecule has 0 aliphatic heterocycles. The fourth-order valence-corrected chi connectivity index (χ4v) is 4.50. The van der Waals surface area contributed by atoms with Crippen LogP contribution in [0.25, 0.3) is 0 Å². The number of benzene rings is 1. The number of hydrogen-bond acceptors (Lipinski definition) is 3. The zero-order valence-corrected chi connectivity index (χ0v) is 13.0.